The van der Waals surface area contributed by atoms with Gasteiger partial charge >= 0.3 is 0 Å². The molecule has 0 amide bonds. The fraction of sp³-hybridized carbons (Fsp3) is 0.700. The van der Waals surface area contributed by atoms with Crippen molar-refractivity contribution >= 4 is 6.21 Å². The van der Waals surface area contributed by atoms with Crippen LogP contribution in [0.3, 0.4) is 0 Å². The van der Waals surface area contributed by atoms with Gasteiger partial charge in [-0.3, -0.25) is 4.99 Å². The van der Waals surface area contributed by atoms with Gasteiger partial charge in [-0.15, -0.1) is 0 Å². The maximum absolute atomic E-state index is 5.63. The van der Waals surface area contributed by atoms with Gasteiger partial charge in [-0.05, 0) is 39.2 Å². The predicted octanol–water partition coefficient (Wildman–Crippen LogP) is 2.55. The average molecular weight is 167 g/mol. The summed E-state index contributed by atoms with van der Waals surface area (Å²) < 4.78 is 5.63. The van der Waals surface area contributed by atoms with E-state index in [9.17, 15) is 0 Å². The van der Waals surface area contributed by atoms with Crippen LogP contribution in [-0.4, -0.2) is 18.4 Å². The highest BCUT2D eigenvalue weighted by Crippen LogP contribution is 2.14. The predicted molar refractivity (Wildman–Crippen MR) is 51.5 cm³/mol. The lowest BCUT2D eigenvalue weighted by molar-refractivity contribution is 0.0101. The molecule has 0 saturated carbocycles. The van der Waals surface area contributed by atoms with Crippen LogP contribution >= 0.6 is 0 Å². The van der Waals surface area contributed by atoms with E-state index in [0.29, 0.717) is 0 Å². The summed E-state index contributed by atoms with van der Waals surface area (Å²) in [6.45, 7) is 6.93. The molecule has 2 nitrogen and oxygen atoms in total. The standard InChI is InChI=1S/C10H17NO/c1-10(2,3)12-8-9-5-4-6-11-7-9/h6-7H,4-5,8H2,1-3H3. The van der Waals surface area contributed by atoms with Crippen LogP contribution < -0.4 is 0 Å². The zero-order chi connectivity index (χ0) is 9.03. The molecule has 0 aromatic heterocycles. The van der Waals surface area contributed by atoms with E-state index >= 15 is 0 Å². The third-order valence-electron chi connectivity index (χ3n) is 1.65. The molecule has 68 valence electrons. The molecule has 0 saturated heterocycles. The molecular formula is C10H17NO. The fourth-order valence-electron chi connectivity index (χ4n) is 0.966. The van der Waals surface area contributed by atoms with Crippen molar-refractivity contribution in [3.05, 3.63) is 11.8 Å². The molecule has 1 aliphatic rings. The van der Waals surface area contributed by atoms with Gasteiger partial charge in [-0.1, -0.05) is 0 Å². The van der Waals surface area contributed by atoms with E-state index in [4.69, 9.17) is 4.74 Å². The van der Waals surface area contributed by atoms with Crippen LogP contribution in [0.5, 0.6) is 0 Å². The Morgan fingerprint density at radius 2 is 2.25 bits per heavy atom. The highest BCUT2D eigenvalue weighted by molar-refractivity contribution is 5.60. The maximum Gasteiger partial charge on any atom is 0.0701 e. The van der Waals surface area contributed by atoms with Gasteiger partial charge in [0.25, 0.3) is 0 Å². The van der Waals surface area contributed by atoms with Crippen LogP contribution in [0.25, 0.3) is 0 Å². The van der Waals surface area contributed by atoms with Crippen molar-refractivity contribution in [1.29, 1.82) is 0 Å². The zero-order valence-corrected chi connectivity index (χ0v) is 8.13. The van der Waals surface area contributed by atoms with Gasteiger partial charge in [0.1, 0.15) is 0 Å². The minimum atomic E-state index is -0.0397. The van der Waals surface area contributed by atoms with Crippen molar-refractivity contribution in [2.45, 2.75) is 39.2 Å². The Hall–Kier alpha value is -0.630. The van der Waals surface area contributed by atoms with E-state index in [-0.39, 0.29) is 5.60 Å². The van der Waals surface area contributed by atoms with Crippen LogP contribution in [0.1, 0.15) is 33.6 Å². The van der Waals surface area contributed by atoms with E-state index < -0.39 is 0 Å². The van der Waals surface area contributed by atoms with Crippen LogP contribution in [-0.2, 0) is 4.74 Å². The molecule has 1 aliphatic heterocycles. The van der Waals surface area contributed by atoms with Crippen molar-refractivity contribution in [3.63, 3.8) is 0 Å². The van der Waals surface area contributed by atoms with E-state index in [1.54, 1.807) is 0 Å². The Labute approximate surface area is 74.3 Å². The Kier molecular flexibility index (Phi) is 3.04. The fourth-order valence-corrected chi connectivity index (χ4v) is 0.966. The number of rotatable bonds is 2. The monoisotopic (exact) mass is 167 g/mol. The van der Waals surface area contributed by atoms with Crippen LogP contribution in [0.4, 0.5) is 0 Å². The first kappa shape index (κ1) is 9.46. The van der Waals surface area contributed by atoms with Gasteiger partial charge in [-0.2, -0.15) is 0 Å². The molecule has 0 radical (unpaired) electrons. The Morgan fingerprint density at radius 3 is 2.75 bits per heavy atom. The summed E-state index contributed by atoms with van der Waals surface area (Å²) in [4.78, 5) is 4.09. The summed E-state index contributed by atoms with van der Waals surface area (Å²) in [6.07, 6.45) is 6.01. The summed E-state index contributed by atoms with van der Waals surface area (Å²) in [5.74, 6) is 0. The number of hydrogen-bond donors (Lipinski definition) is 0. The normalized spacial score (nSPS) is 17.8. The Balaban J connectivity index is 2.32. The molecule has 0 fully saturated rings. The van der Waals surface area contributed by atoms with Gasteiger partial charge in [0.2, 0.25) is 0 Å². The Bertz CT molecular complexity index is 198. The summed E-state index contributed by atoms with van der Waals surface area (Å²) in [6, 6.07) is 0. The van der Waals surface area contributed by atoms with Crippen molar-refractivity contribution < 1.29 is 4.74 Å². The third-order valence-corrected chi connectivity index (χ3v) is 1.65. The molecular weight excluding hydrogens is 150 g/mol. The third kappa shape index (κ3) is 3.67. The minimum Gasteiger partial charge on any atom is -0.371 e. The molecule has 0 spiro atoms. The molecule has 12 heavy (non-hydrogen) atoms. The topological polar surface area (TPSA) is 21.6 Å². The molecule has 0 atom stereocenters. The van der Waals surface area contributed by atoms with Crippen molar-refractivity contribution in [3.8, 4) is 0 Å². The number of aliphatic imine (C=N–C) groups is 1. The lowest BCUT2D eigenvalue weighted by Gasteiger charge is -2.20. The molecule has 0 bridgehead atoms. The highest BCUT2D eigenvalue weighted by Gasteiger charge is 2.11. The molecule has 0 aromatic rings. The van der Waals surface area contributed by atoms with Gasteiger partial charge in [-0.25, -0.2) is 0 Å². The molecule has 1 rings (SSSR count). The average Bonchev–Trinajstić information content (AvgIpc) is 2.02. The Morgan fingerprint density at radius 1 is 1.50 bits per heavy atom. The van der Waals surface area contributed by atoms with Gasteiger partial charge in [0.05, 0.1) is 12.2 Å². The van der Waals surface area contributed by atoms with E-state index in [1.807, 2.05) is 12.4 Å². The molecule has 0 aromatic carbocycles. The summed E-state index contributed by atoms with van der Waals surface area (Å²) in [7, 11) is 0. The van der Waals surface area contributed by atoms with Crippen molar-refractivity contribution in [2.24, 2.45) is 4.99 Å². The van der Waals surface area contributed by atoms with Crippen molar-refractivity contribution in [2.75, 3.05) is 6.61 Å². The quantitative estimate of drug-likeness (QED) is 0.619. The molecule has 0 aliphatic carbocycles. The molecule has 0 N–H and O–H groups in total. The minimum absolute atomic E-state index is 0.0397. The van der Waals surface area contributed by atoms with E-state index in [1.165, 1.54) is 5.57 Å². The molecule has 2 heteroatoms. The first-order valence-corrected chi connectivity index (χ1v) is 4.41. The van der Waals surface area contributed by atoms with Crippen molar-refractivity contribution in [1.82, 2.24) is 0 Å². The van der Waals surface area contributed by atoms with Gasteiger partial charge in [0.15, 0.2) is 0 Å². The first-order chi connectivity index (χ1) is 5.58. The van der Waals surface area contributed by atoms with E-state index in [2.05, 4.69) is 25.8 Å². The van der Waals surface area contributed by atoms with Crippen LogP contribution in [0, 0.1) is 0 Å². The number of hydrogen-bond acceptors (Lipinski definition) is 2. The molecule has 0 unspecified atom stereocenters. The maximum atomic E-state index is 5.63. The first-order valence-electron chi connectivity index (χ1n) is 4.41. The molecule has 1 heterocycles. The summed E-state index contributed by atoms with van der Waals surface area (Å²) in [5.41, 5.74) is 1.26. The summed E-state index contributed by atoms with van der Waals surface area (Å²) >= 11 is 0. The lowest BCUT2D eigenvalue weighted by atomic mass is 10.1. The zero-order valence-electron chi connectivity index (χ0n) is 8.13. The number of nitrogens with zero attached hydrogens (tertiary/aromatic N) is 1. The second-order valence-electron chi connectivity index (χ2n) is 4.06. The second-order valence-corrected chi connectivity index (χ2v) is 4.06. The van der Waals surface area contributed by atoms with Crippen LogP contribution in [0.15, 0.2) is 16.8 Å². The smallest absolute Gasteiger partial charge is 0.0701 e. The SMILES string of the molecule is CC(C)(C)OCC1=CN=CCC1. The lowest BCUT2D eigenvalue weighted by Crippen LogP contribution is -2.20. The summed E-state index contributed by atoms with van der Waals surface area (Å²) in [5, 5.41) is 0. The number of ether oxygens (including phenoxy) is 1. The van der Waals surface area contributed by atoms with Crippen LogP contribution in [0.2, 0.25) is 0 Å². The van der Waals surface area contributed by atoms with E-state index in [0.717, 1.165) is 19.4 Å². The van der Waals surface area contributed by atoms with Gasteiger partial charge in [0, 0.05) is 12.4 Å². The highest BCUT2D eigenvalue weighted by atomic mass is 16.5. The second kappa shape index (κ2) is 3.85. The van der Waals surface area contributed by atoms with Gasteiger partial charge < -0.3 is 4.74 Å². The largest absolute Gasteiger partial charge is 0.371 e.